The van der Waals surface area contributed by atoms with Gasteiger partial charge in [0.15, 0.2) is 6.61 Å². The van der Waals surface area contributed by atoms with E-state index in [-0.39, 0.29) is 6.61 Å². The maximum Gasteiger partial charge on any atom is 0.349 e. The first-order chi connectivity index (χ1) is 9.54. The number of rotatable bonds is 4. The Morgan fingerprint density at radius 3 is 2.25 bits per heavy atom. The molecule has 0 fully saturated rings. The van der Waals surface area contributed by atoms with Crippen LogP contribution in [0.3, 0.4) is 0 Å². The summed E-state index contributed by atoms with van der Waals surface area (Å²) in [7, 11) is 0. The van der Waals surface area contributed by atoms with E-state index >= 15 is 0 Å². The quantitative estimate of drug-likeness (QED) is 0.474. The van der Waals surface area contributed by atoms with Crippen LogP contribution in [-0.2, 0) is 4.79 Å². The van der Waals surface area contributed by atoms with E-state index in [2.05, 4.69) is 47.8 Å². The number of halogens is 3. The normalized spacial score (nSPS) is 10.2. The summed E-state index contributed by atoms with van der Waals surface area (Å²) in [4.78, 5) is 11.7. The summed E-state index contributed by atoms with van der Waals surface area (Å²) < 4.78 is 13.2. The van der Waals surface area contributed by atoms with Crippen molar-refractivity contribution in [2.24, 2.45) is 0 Å². The first-order valence-electron chi connectivity index (χ1n) is 5.59. The topological polar surface area (TPSA) is 35.5 Å². The fraction of sp³-hybridized carbons (Fsp3) is 0.0714. The van der Waals surface area contributed by atoms with Gasteiger partial charge in [-0.3, -0.25) is 0 Å². The fourth-order valence-electron chi connectivity index (χ4n) is 1.39. The predicted molar refractivity (Wildman–Crippen MR) is 87.1 cm³/mol. The van der Waals surface area contributed by atoms with Gasteiger partial charge in [-0.2, -0.15) is 0 Å². The van der Waals surface area contributed by atoms with Gasteiger partial charge in [-0.25, -0.2) is 4.79 Å². The van der Waals surface area contributed by atoms with Crippen LogP contribution in [0.15, 0.2) is 55.9 Å². The lowest BCUT2D eigenvalue weighted by molar-refractivity contribution is -0.136. The van der Waals surface area contributed by atoms with Gasteiger partial charge in [0.1, 0.15) is 11.5 Å². The van der Waals surface area contributed by atoms with Gasteiger partial charge in [0.05, 0.1) is 4.47 Å². The molecule has 0 bridgehead atoms. The largest absolute Gasteiger partial charge is 0.481 e. The molecule has 104 valence electrons. The molecular weight excluding hydrogens is 456 g/mol. The van der Waals surface area contributed by atoms with Crippen molar-refractivity contribution >= 4 is 53.8 Å². The Morgan fingerprint density at radius 2 is 1.60 bits per heavy atom. The summed E-state index contributed by atoms with van der Waals surface area (Å²) in [5.74, 6) is 0.611. The Balaban J connectivity index is 1.90. The van der Waals surface area contributed by atoms with Gasteiger partial charge in [-0.15, -0.1) is 0 Å². The van der Waals surface area contributed by atoms with E-state index in [0.29, 0.717) is 11.5 Å². The molecule has 0 aromatic heterocycles. The van der Waals surface area contributed by atoms with Crippen molar-refractivity contribution in [3.63, 3.8) is 0 Å². The van der Waals surface area contributed by atoms with E-state index in [1.807, 2.05) is 12.1 Å². The lowest BCUT2D eigenvalue weighted by atomic mass is 10.3. The Hall–Kier alpha value is -0.850. The lowest BCUT2D eigenvalue weighted by Crippen LogP contribution is -2.17. The molecule has 2 aromatic rings. The first-order valence-corrected chi connectivity index (χ1v) is 7.96. The van der Waals surface area contributed by atoms with Crippen LogP contribution in [0.5, 0.6) is 11.5 Å². The third kappa shape index (κ3) is 4.61. The summed E-state index contributed by atoms with van der Waals surface area (Å²) in [6.07, 6.45) is 0. The van der Waals surface area contributed by atoms with Gasteiger partial charge in [0.2, 0.25) is 0 Å². The van der Waals surface area contributed by atoms with Crippen LogP contribution in [-0.4, -0.2) is 12.6 Å². The van der Waals surface area contributed by atoms with Crippen LogP contribution in [0.2, 0.25) is 0 Å². The molecule has 0 aliphatic carbocycles. The molecule has 20 heavy (non-hydrogen) atoms. The molecule has 0 amide bonds. The second-order valence-corrected chi connectivity index (χ2v) is 6.48. The Kier molecular flexibility index (Phi) is 5.63. The molecule has 0 N–H and O–H groups in total. The van der Waals surface area contributed by atoms with Crippen LogP contribution in [0, 0.1) is 0 Å². The van der Waals surface area contributed by atoms with E-state index in [9.17, 15) is 4.79 Å². The number of esters is 1. The zero-order valence-electron chi connectivity index (χ0n) is 10.1. The monoisotopic (exact) mass is 462 g/mol. The molecule has 0 aliphatic rings. The molecule has 0 saturated carbocycles. The zero-order valence-corrected chi connectivity index (χ0v) is 14.9. The summed E-state index contributed by atoms with van der Waals surface area (Å²) >= 11 is 10.0. The maximum absolute atomic E-state index is 11.7. The van der Waals surface area contributed by atoms with Gasteiger partial charge in [0.25, 0.3) is 0 Å². The minimum Gasteiger partial charge on any atom is -0.481 e. The molecule has 0 atom stereocenters. The van der Waals surface area contributed by atoms with Gasteiger partial charge in [0, 0.05) is 8.95 Å². The van der Waals surface area contributed by atoms with Crippen molar-refractivity contribution in [1.82, 2.24) is 0 Å². The van der Waals surface area contributed by atoms with Crippen molar-refractivity contribution in [3.05, 3.63) is 55.9 Å². The molecule has 0 aliphatic heterocycles. The van der Waals surface area contributed by atoms with Crippen molar-refractivity contribution < 1.29 is 14.3 Å². The smallest absolute Gasteiger partial charge is 0.349 e. The number of benzene rings is 2. The molecule has 6 heteroatoms. The molecule has 0 radical (unpaired) electrons. The highest BCUT2D eigenvalue weighted by Gasteiger charge is 2.08. The van der Waals surface area contributed by atoms with Gasteiger partial charge in [-0.1, -0.05) is 31.9 Å². The Labute approximate surface area is 141 Å². The van der Waals surface area contributed by atoms with Crippen LogP contribution < -0.4 is 9.47 Å². The Bertz CT molecular complexity index is 612. The SMILES string of the molecule is O=C(COc1ccc(Br)cc1Br)Oc1ccc(Br)cc1. The maximum atomic E-state index is 11.7. The van der Waals surface area contributed by atoms with Gasteiger partial charge >= 0.3 is 5.97 Å². The molecule has 0 heterocycles. The second kappa shape index (κ2) is 7.24. The molecule has 3 nitrogen and oxygen atoms in total. The average molecular weight is 465 g/mol. The number of ether oxygens (including phenoxy) is 2. The van der Waals surface area contributed by atoms with E-state index in [4.69, 9.17) is 9.47 Å². The van der Waals surface area contributed by atoms with E-state index in [1.54, 1.807) is 30.3 Å². The minimum atomic E-state index is -0.456. The predicted octanol–water partition coefficient (Wildman–Crippen LogP) is 4.96. The van der Waals surface area contributed by atoms with Gasteiger partial charge in [-0.05, 0) is 58.4 Å². The number of hydrogen-bond acceptors (Lipinski definition) is 3. The van der Waals surface area contributed by atoms with Crippen molar-refractivity contribution in [2.75, 3.05) is 6.61 Å². The molecule has 2 aromatic carbocycles. The van der Waals surface area contributed by atoms with Crippen molar-refractivity contribution in [1.29, 1.82) is 0 Å². The highest BCUT2D eigenvalue weighted by molar-refractivity contribution is 9.11. The summed E-state index contributed by atoms with van der Waals surface area (Å²) in [6, 6.07) is 12.5. The fourth-order valence-corrected chi connectivity index (χ4v) is 2.82. The first kappa shape index (κ1) is 15.5. The number of carbonyl (C=O) groups excluding carboxylic acids is 1. The molecule has 0 spiro atoms. The third-order valence-electron chi connectivity index (χ3n) is 2.28. The third-order valence-corrected chi connectivity index (χ3v) is 3.93. The highest BCUT2D eigenvalue weighted by Crippen LogP contribution is 2.28. The minimum absolute atomic E-state index is 0.156. The lowest BCUT2D eigenvalue weighted by Gasteiger charge is -2.08. The van der Waals surface area contributed by atoms with Crippen molar-refractivity contribution in [3.8, 4) is 11.5 Å². The number of carbonyl (C=O) groups is 1. The summed E-state index contributed by atoms with van der Waals surface area (Å²) in [6.45, 7) is -0.156. The van der Waals surface area contributed by atoms with E-state index in [0.717, 1.165) is 13.4 Å². The van der Waals surface area contributed by atoms with Crippen LogP contribution in [0.25, 0.3) is 0 Å². The van der Waals surface area contributed by atoms with Crippen molar-refractivity contribution in [2.45, 2.75) is 0 Å². The van der Waals surface area contributed by atoms with Crippen LogP contribution in [0.1, 0.15) is 0 Å². The standard InChI is InChI=1S/C14H9Br3O3/c15-9-1-4-11(5-2-9)20-14(18)8-19-13-6-3-10(16)7-12(13)17/h1-7H,8H2. The molecular formula is C14H9Br3O3. The molecule has 0 saturated heterocycles. The highest BCUT2D eigenvalue weighted by atomic mass is 79.9. The van der Waals surface area contributed by atoms with Crippen LogP contribution in [0.4, 0.5) is 0 Å². The number of hydrogen-bond donors (Lipinski definition) is 0. The second-order valence-electron chi connectivity index (χ2n) is 3.79. The molecule has 2 rings (SSSR count). The van der Waals surface area contributed by atoms with Gasteiger partial charge < -0.3 is 9.47 Å². The summed E-state index contributed by atoms with van der Waals surface area (Å²) in [5.41, 5.74) is 0. The summed E-state index contributed by atoms with van der Waals surface area (Å²) in [5, 5.41) is 0. The van der Waals surface area contributed by atoms with Crippen LogP contribution >= 0.6 is 47.8 Å². The van der Waals surface area contributed by atoms with E-state index < -0.39 is 5.97 Å². The average Bonchev–Trinajstić information content (AvgIpc) is 2.40. The molecule has 0 unspecified atom stereocenters. The Morgan fingerprint density at radius 1 is 0.950 bits per heavy atom. The van der Waals surface area contributed by atoms with E-state index in [1.165, 1.54) is 0 Å². The zero-order chi connectivity index (χ0) is 14.5.